The van der Waals surface area contributed by atoms with Crippen molar-refractivity contribution in [3.05, 3.63) is 22.4 Å². The van der Waals surface area contributed by atoms with Crippen molar-refractivity contribution >= 4 is 21.2 Å². The second-order valence-electron chi connectivity index (χ2n) is 4.81. The second-order valence-corrected chi connectivity index (χ2v) is 8.05. The van der Waals surface area contributed by atoms with Gasteiger partial charge in [0.1, 0.15) is 0 Å². The van der Waals surface area contributed by atoms with E-state index in [0.29, 0.717) is 0 Å². The predicted octanol–water partition coefficient (Wildman–Crippen LogP) is 2.36. The zero-order chi connectivity index (χ0) is 12.5. The van der Waals surface area contributed by atoms with Gasteiger partial charge in [-0.2, -0.15) is 0 Å². The maximum Gasteiger partial charge on any atom is 0.151 e. The summed E-state index contributed by atoms with van der Waals surface area (Å²) in [4.78, 5) is 1.27. The number of hydrogen-bond acceptors (Lipinski definition) is 4. The number of nitrogens with one attached hydrogen (secondary N) is 1. The van der Waals surface area contributed by atoms with E-state index in [1.807, 2.05) is 6.07 Å². The van der Waals surface area contributed by atoms with Gasteiger partial charge in [-0.1, -0.05) is 12.5 Å². The van der Waals surface area contributed by atoms with Crippen LogP contribution in [0, 0.1) is 0 Å². The number of hydrogen-bond donors (Lipinski definition) is 1. The molecule has 17 heavy (non-hydrogen) atoms. The summed E-state index contributed by atoms with van der Waals surface area (Å²) in [5.41, 5.74) is 0. The van der Waals surface area contributed by atoms with Crippen LogP contribution >= 0.6 is 11.3 Å². The standard InChI is InChI=1S/C12H19NO2S2/c1-9(11-6-4-8-16-11)13-10-5-3-7-12(10)17(2,14)15/h4,6,8-10,12-13H,3,5,7H2,1-2H3/t9-,10?,12?/m1/s1. The molecular formula is C12H19NO2S2. The molecule has 1 heterocycles. The summed E-state index contributed by atoms with van der Waals surface area (Å²) < 4.78 is 23.3. The van der Waals surface area contributed by atoms with Crippen molar-refractivity contribution in [2.24, 2.45) is 0 Å². The average molecular weight is 273 g/mol. The first-order chi connectivity index (χ1) is 7.98. The maximum absolute atomic E-state index is 11.7. The molecular weight excluding hydrogens is 254 g/mol. The van der Waals surface area contributed by atoms with Gasteiger partial charge in [-0.25, -0.2) is 8.42 Å². The molecule has 0 saturated heterocycles. The van der Waals surface area contributed by atoms with Crippen LogP contribution in [0.25, 0.3) is 0 Å². The summed E-state index contributed by atoms with van der Waals surface area (Å²) in [6.45, 7) is 2.10. The fraction of sp³-hybridized carbons (Fsp3) is 0.667. The van der Waals surface area contributed by atoms with Crippen LogP contribution < -0.4 is 5.32 Å². The lowest BCUT2D eigenvalue weighted by molar-refractivity contribution is 0.459. The van der Waals surface area contributed by atoms with Crippen LogP contribution in [-0.4, -0.2) is 26.0 Å². The van der Waals surface area contributed by atoms with E-state index in [2.05, 4.69) is 23.7 Å². The summed E-state index contributed by atoms with van der Waals surface area (Å²) in [7, 11) is -2.93. The van der Waals surface area contributed by atoms with Gasteiger partial charge in [0.15, 0.2) is 9.84 Å². The minimum Gasteiger partial charge on any atom is -0.305 e. The summed E-state index contributed by atoms with van der Waals surface area (Å²) in [6, 6.07) is 4.47. The maximum atomic E-state index is 11.7. The Kier molecular flexibility index (Phi) is 3.90. The Morgan fingerprint density at radius 3 is 2.82 bits per heavy atom. The predicted molar refractivity (Wildman–Crippen MR) is 72.1 cm³/mol. The van der Waals surface area contributed by atoms with Crippen molar-refractivity contribution in [2.45, 2.75) is 43.5 Å². The first-order valence-electron chi connectivity index (χ1n) is 5.97. The van der Waals surface area contributed by atoms with Gasteiger partial charge in [-0.15, -0.1) is 11.3 Å². The van der Waals surface area contributed by atoms with Crippen LogP contribution in [0.2, 0.25) is 0 Å². The molecule has 0 aliphatic heterocycles. The molecule has 3 nitrogen and oxygen atoms in total. The normalized spacial score (nSPS) is 27.2. The molecule has 0 bridgehead atoms. The quantitative estimate of drug-likeness (QED) is 0.916. The number of sulfone groups is 1. The Hall–Kier alpha value is -0.390. The fourth-order valence-electron chi connectivity index (χ4n) is 2.57. The van der Waals surface area contributed by atoms with Crippen molar-refractivity contribution in [3.63, 3.8) is 0 Å². The topological polar surface area (TPSA) is 46.2 Å². The molecule has 1 N–H and O–H groups in total. The van der Waals surface area contributed by atoms with E-state index in [-0.39, 0.29) is 17.3 Å². The highest BCUT2D eigenvalue weighted by Gasteiger charge is 2.35. The lowest BCUT2D eigenvalue weighted by atomic mass is 10.2. The summed E-state index contributed by atoms with van der Waals surface area (Å²) in [5, 5.41) is 5.32. The number of thiophene rings is 1. The third kappa shape index (κ3) is 3.09. The average Bonchev–Trinajstić information content (AvgIpc) is 2.85. The van der Waals surface area contributed by atoms with Gasteiger partial charge < -0.3 is 5.32 Å². The van der Waals surface area contributed by atoms with Gasteiger partial charge in [0, 0.05) is 23.2 Å². The van der Waals surface area contributed by atoms with Gasteiger partial charge in [0.2, 0.25) is 0 Å². The Bertz CT molecular complexity index is 453. The zero-order valence-corrected chi connectivity index (χ0v) is 11.9. The first-order valence-corrected chi connectivity index (χ1v) is 8.80. The molecule has 2 rings (SSSR count). The molecule has 2 unspecified atom stereocenters. The lowest BCUT2D eigenvalue weighted by Gasteiger charge is -2.23. The van der Waals surface area contributed by atoms with Crippen LogP contribution in [0.3, 0.4) is 0 Å². The van der Waals surface area contributed by atoms with Gasteiger partial charge >= 0.3 is 0 Å². The third-order valence-electron chi connectivity index (χ3n) is 3.44. The lowest BCUT2D eigenvalue weighted by Crippen LogP contribution is -2.40. The van der Waals surface area contributed by atoms with Crippen LogP contribution in [-0.2, 0) is 9.84 Å². The molecule has 0 amide bonds. The van der Waals surface area contributed by atoms with E-state index in [9.17, 15) is 8.42 Å². The Morgan fingerprint density at radius 1 is 1.47 bits per heavy atom. The molecule has 1 fully saturated rings. The van der Waals surface area contributed by atoms with Crippen molar-refractivity contribution in [1.82, 2.24) is 5.32 Å². The van der Waals surface area contributed by atoms with E-state index < -0.39 is 9.84 Å². The Balaban J connectivity index is 2.04. The molecule has 1 aliphatic rings. The van der Waals surface area contributed by atoms with Gasteiger partial charge in [-0.3, -0.25) is 0 Å². The fourth-order valence-corrected chi connectivity index (χ4v) is 4.72. The molecule has 1 aliphatic carbocycles. The van der Waals surface area contributed by atoms with Crippen LogP contribution in [0.15, 0.2) is 17.5 Å². The van der Waals surface area contributed by atoms with Gasteiger partial charge in [0.05, 0.1) is 5.25 Å². The molecule has 3 atom stereocenters. The Morgan fingerprint density at radius 2 is 2.24 bits per heavy atom. The van der Waals surface area contributed by atoms with E-state index >= 15 is 0 Å². The largest absolute Gasteiger partial charge is 0.305 e. The SMILES string of the molecule is C[C@@H](NC1CCCC1S(C)(=O)=O)c1cccs1. The summed E-state index contributed by atoms with van der Waals surface area (Å²) in [6.07, 6.45) is 4.13. The smallest absolute Gasteiger partial charge is 0.151 e. The van der Waals surface area contributed by atoms with Crippen LogP contribution in [0.4, 0.5) is 0 Å². The highest BCUT2D eigenvalue weighted by molar-refractivity contribution is 7.91. The highest BCUT2D eigenvalue weighted by Crippen LogP contribution is 2.28. The molecule has 1 aromatic heterocycles. The summed E-state index contributed by atoms with van der Waals surface area (Å²) in [5.74, 6) is 0. The molecule has 0 radical (unpaired) electrons. The molecule has 1 aromatic rings. The third-order valence-corrected chi connectivity index (χ3v) is 6.16. The van der Waals surface area contributed by atoms with Gasteiger partial charge in [0.25, 0.3) is 0 Å². The van der Waals surface area contributed by atoms with Crippen molar-refractivity contribution in [2.75, 3.05) is 6.26 Å². The highest BCUT2D eigenvalue weighted by atomic mass is 32.2. The van der Waals surface area contributed by atoms with Crippen molar-refractivity contribution in [1.29, 1.82) is 0 Å². The molecule has 5 heteroatoms. The van der Waals surface area contributed by atoms with Crippen LogP contribution in [0.5, 0.6) is 0 Å². The minimum absolute atomic E-state index is 0.113. The molecule has 0 spiro atoms. The van der Waals surface area contributed by atoms with Crippen molar-refractivity contribution < 1.29 is 8.42 Å². The monoisotopic (exact) mass is 273 g/mol. The molecule has 1 saturated carbocycles. The minimum atomic E-state index is -2.93. The van der Waals surface area contributed by atoms with E-state index in [1.54, 1.807) is 11.3 Å². The second kappa shape index (κ2) is 5.08. The van der Waals surface area contributed by atoms with E-state index in [1.165, 1.54) is 11.1 Å². The summed E-state index contributed by atoms with van der Waals surface area (Å²) >= 11 is 1.71. The van der Waals surface area contributed by atoms with Crippen LogP contribution in [0.1, 0.15) is 37.1 Å². The zero-order valence-electron chi connectivity index (χ0n) is 10.2. The van der Waals surface area contributed by atoms with Gasteiger partial charge in [-0.05, 0) is 31.2 Å². The molecule has 96 valence electrons. The van der Waals surface area contributed by atoms with Crippen molar-refractivity contribution in [3.8, 4) is 0 Å². The van der Waals surface area contributed by atoms with E-state index in [4.69, 9.17) is 0 Å². The number of rotatable bonds is 4. The van der Waals surface area contributed by atoms with E-state index in [0.717, 1.165) is 19.3 Å². The molecule has 0 aromatic carbocycles. The first kappa shape index (κ1) is 13.1. The Labute approximate surface area is 107 Å².